The van der Waals surface area contributed by atoms with Gasteiger partial charge in [0, 0.05) is 0 Å². The minimum atomic E-state index is 1.21. The normalized spacial score (nSPS) is 11.3. The molecule has 0 saturated heterocycles. The van der Waals surface area contributed by atoms with Gasteiger partial charge in [-0.05, 0) is 88.0 Å². The molecule has 0 heteroatoms. The SMILES string of the molecule is c1ccc(-c2c3ccccc3c(-c3ccc(-c4ccc(-c5ccccc5)c5c(-c6ccccc6)cccc45)cc3)c3ccccc23)cc1. The minimum absolute atomic E-state index is 1.21. The van der Waals surface area contributed by atoms with Gasteiger partial charge in [0.05, 0.1) is 0 Å². The van der Waals surface area contributed by atoms with Gasteiger partial charge in [-0.25, -0.2) is 0 Å². The Morgan fingerprint density at radius 1 is 0.188 bits per heavy atom. The zero-order chi connectivity index (χ0) is 31.9. The second-order valence-corrected chi connectivity index (χ2v) is 12.4. The van der Waals surface area contributed by atoms with E-state index >= 15 is 0 Å². The van der Waals surface area contributed by atoms with Crippen molar-refractivity contribution in [3.8, 4) is 55.6 Å². The van der Waals surface area contributed by atoms with Crippen molar-refractivity contribution in [1.82, 2.24) is 0 Å². The molecule has 0 saturated carbocycles. The van der Waals surface area contributed by atoms with E-state index in [1.54, 1.807) is 0 Å². The van der Waals surface area contributed by atoms with Gasteiger partial charge >= 0.3 is 0 Å². The van der Waals surface area contributed by atoms with Crippen LogP contribution in [0.3, 0.4) is 0 Å². The monoisotopic (exact) mass is 608 g/mol. The highest BCUT2D eigenvalue weighted by molar-refractivity contribution is 6.21. The number of fused-ring (bicyclic) bond motifs is 3. The fourth-order valence-corrected chi connectivity index (χ4v) is 7.55. The second-order valence-electron chi connectivity index (χ2n) is 12.4. The van der Waals surface area contributed by atoms with Crippen LogP contribution < -0.4 is 0 Å². The molecule has 48 heavy (non-hydrogen) atoms. The Morgan fingerprint density at radius 3 is 1.02 bits per heavy atom. The molecular weight excluding hydrogens is 577 g/mol. The van der Waals surface area contributed by atoms with E-state index in [2.05, 4.69) is 194 Å². The molecule has 9 aromatic rings. The molecule has 9 aromatic carbocycles. The maximum atomic E-state index is 2.31. The van der Waals surface area contributed by atoms with Crippen LogP contribution in [0.2, 0.25) is 0 Å². The summed E-state index contributed by atoms with van der Waals surface area (Å²) >= 11 is 0. The zero-order valence-electron chi connectivity index (χ0n) is 26.5. The third-order valence-electron chi connectivity index (χ3n) is 9.69. The average molecular weight is 609 g/mol. The van der Waals surface area contributed by atoms with E-state index in [9.17, 15) is 0 Å². The largest absolute Gasteiger partial charge is 0.0622 e. The average Bonchev–Trinajstić information content (AvgIpc) is 3.17. The summed E-state index contributed by atoms with van der Waals surface area (Å²) in [4.78, 5) is 0. The van der Waals surface area contributed by atoms with Crippen LogP contribution in [0, 0.1) is 0 Å². The van der Waals surface area contributed by atoms with Crippen LogP contribution in [0.5, 0.6) is 0 Å². The van der Waals surface area contributed by atoms with Crippen molar-refractivity contribution in [2.45, 2.75) is 0 Å². The Bertz CT molecular complexity index is 2460. The lowest BCUT2D eigenvalue weighted by molar-refractivity contribution is 1.60. The fraction of sp³-hybridized carbons (Fsp3) is 0. The third-order valence-corrected chi connectivity index (χ3v) is 9.69. The molecule has 0 unspecified atom stereocenters. The Kier molecular flexibility index (Phi) is 6.91. The first-order chi connectivity index (χ1) is 23.8. The highest BCUT2D eigenvalue weighted by Gasteiger charge is 2.18. The molecule has 0 aliphatic carbocycles. The van der Waals surface area contributed by atoms with Crippen LogP contribution in [0.25, 0.3) is 88.0 Å². The van der Waals surface area contributed by atoms with Crippen molar-refractivity contribution in [3.63, 3.8) is 0 Å². The number of hydrogen-bond donors (Lipinski definition) is 0. The van der Waals surface area contributed by atoms with Gasteiger partial charge in [-0.15, -0.1) is 0 Å². The van der Waals surface area contributed by atoms with Crippen molar-refractivity contribution in [2.24, 2.45) is 0 Å². The van der Waals surface area contributed by atoms with Gasteiger partial charge in [0.2, 0.25) is 0 Å². The van der Waals surface area contributed by atoms with Crippen LogP contribution in [0.15, 0.2) is 194 Å². The van der Waals surface area contributed by atoms with Crippen molar-refractivity contribution < 1.29 is 0 Å². The van der Waals surface area contributed by atoms with Crippen LogP contribution in [0.1, 0.15) is 0 Å². The van der Waals surface area contributed by atoms with Gasteiger partial charge in [0.15, 0.2) is 0 Å². The van der Waals surface area contributed by atoms with Gasteiger partial charge in [-0.2, -0.15) is 0 Å². The van der Waals surface area contributed by atoms with Crippen molar-refractivity contribution in [2.75, 3.05) is 0 Å². The number of hydrogen-bond acceptors (Lipinski definition) is 0. The molecule has 0 aromatic heterocycles. The maximum absolute atomic E-state index is 2.31. The second kappa shape index (κ2) is 11.8. The van der Waals surface area contributed by atoms with E-state index in [0.717, 1.165) is 0 Å². The number of rotatable bonds is 5. The van der Waals surface area contributed by atoms with Crippen molar-refractivity contribution >= 4 is 32.3 Å². The predicted octanol–water partition coefficient (Wildman–Crippen LogP) is 13.5. The molecule has 0 atom stereocenters. The predicted molar refractivity (Wildman–Crippen MR) is 206 cm³/mol. The standard InChI is InChI=1S/C48H32/c1-4-15-33(16-5-1)39-25-14-26-41-38(31-32-40(48(39)41)34-17-6-2-7-18-34)35-27-29-37(30-28-35)47-44-23-12-10-21-42(44)46(36-19-8-3-9-20-36)43-22-11-13-24-45(43)47/h1-32H. The lowest BCUT2D eigenvalue weighted by Gasteiger charge is -2.18. The highest BCUT2D eigenvalue weighted by Crippen LogP contribution is 2.45. The molecule has 0 aliphatic heterocycles. The number of benzene rings is 9. The quantitative estimate of drug-likeness (QED) is 0.171. The molecule has 9 rings (SSSR count). The summed E-state index contributed by atoms with van der Waals surface area (Å²) in [6.07, 6.45) is 0. The van der Waals surface area contributed by atoms with Gasteiger partial charge in [-0.3, -0.25) is 0 Å². The van der Waals surface area contributed by atoms with Gasteiger partial charge < -0.3 is 0 Å². The lowest BCUT2D eigenvalue weighted by atomic mass is 9.85. The molecule has 0 amide bonds. The molecule has 0 spiro atoms. The molecule has 0 fully saturated rings. The summed E-state index contributed by atoms with van der Waals surface area (Å²) in [7, 11) is 0. The molecular formula is C48H32. The van der Waals surface area contributed by atoms with Crippen LogP contribution in [-0.2, 0) is 0 Å². The highest BCUT2D eigenvalue weighted by atomic mass is 14.2. The van der Waals surface area contributed by atoms with Crippen molar-refractivity contribution in [1.29, 1.82) is 0 Å². The molecule has 224 valence electrons. The Balaban J connectivity index is 1.24. The molecule has 0 heterocycles. The van der Waals surface area contributed by atoms with E-state index in [4.69, 9.17) is 0 Å². The van der Waals surface area contributed by atoms with Crippen LogP contribution >= 0.6 is 0 Å². The molecule has 0 aliphatic rings. The first kappa shape index (κ1) is 28.0. The topological polar surface area (TPSA) is 0 Å². The summed E-state index contributed by atoms with van der Waals surface area (Å²) < 4.78 is 0. The Morgan fingerprint density at radius 2 is 0.521 bits per heavy atom. The molecule has 0 radical (unpaired) electrons. The van der Waals surface area contributed by atoms with Crippen LogP contribution in [0.4, 0.5) is 0 Å². The van der Waals surface area contributed by atoms with Crippen LogP contribution in [-0.4, -0.2) is 0 Å². The summed E-state index contributed by atoms with van der Waals surface area (Å²) in [5.74, 6) is 0. The van der Waals surface area contributed by atoms with Gasteiger partial charge in [0.25, 0.3) is 0 Å². The Hall–Kier alpha value is -6.24. The van der Waals surface area contributed by atoms with Crippen molar-refractivity contribution in [3.05, 3.63) is 194 Å². The minimum Gasteiger partial charge on any atom is -0.0622 e. The third kappa shape index (κ3) is 4.70. The van der Waals surface area contributed by atoms with E-state index in [0.29, 0.717) is 0 Å². The lowest BCUT2D eigenvalue weighted by Crippen LogP contribution is -1.91. The molecule has 0 N–H and O–H groups in total. The summed E-state index contributed by atoms with van der Waals surface area (Å²) in [6, 6.07) is 70.6. The molecule has 0 bridgehead atoms. The fourth-order valence-electron chi connectivity index (χ4n) is 7.55. The first-order valence-corrected chi connectivity index (χ1v) is 16.6. The smallest absolute Gasteiger partial charge is 0.00206 e. The van der Waals surface area contributed by atoms with E-state index < -0.39 is 0 Å². The zero-order valence-corrected chi connectivity index (χ0v) is 26.5. The van der Waals surface area contributed by atoms with E-state index in [1.807, 2.05) is 0 Å². The first-order valence-electron chi connectivity index (χ1n) is 16.6. The van der Waals surface area contributed by atoms with E-state index in [-0.39, 0.29) is 0 Å². The maximum Gasteiger partial charge on any atom is -0.00206 e. The van der Waals surface area contributed by atoms with E-state index in [1.165, 1.54) is 88.0 Å². The summed E-state index contributed by atoms with van der Waals surface area (Å²) in [5.41, 5.74) is 12.4. The Labute approximate surface area is 281 Å². The summed E-state index contributed by atoms with van der Waals surface area (Å²) in [5, 5.41) is 7.63. The van der Waals surface area contributed by atoms with Gasteiger partial charge in [-0.1, -0.05) is 194 Å². The molecule has 0 nitrogen and oxygen atoms in total. The summed E-state index contributed by atoms with van der Waals surface area (Å²) in [6.45, 7) is 0. The van der Waals surface area contributed by atoms with Gasteiger partial charge in [0.1, 0.15) is 0 Å².